The van der Waals surface area contributed by atoms with Gasteiger partial charge in [0.2, 0.25) is 0 Å². The molecule has 0 aliphatic carbocycles. The van der Waals surface area contributed by atoms with Crippen LogP contribution in [0.5, 0.6) is 5.75 Å². The normalized spacial score (nSPS) is 10.1. The summed E-state index contributed by atoms with van der Waals surface area (Å²) in [5, 5.41) is 0.775. The Morgan fingerprint density at radius 2 is 2.23 bits per heavy atom. The van der Waals surface area contributed by atoms with Gasteiger partial charge in [0.15, 0.2) is 0 Å². The first-order chi connectivity index (χ1) is 6.31. The third kappa shape index (κ3) is 2.69. The first-order valence-electron chi connectivity index (χ1n) is 4.48. The number of hydrogen-bond acceptors (Lipinski definition) is 2. The SMILES string of the molecule is CCOc1cc(CBr)ncc1CC. The molecule has 0 aliphatic heterocycles. The zero-order valence-electron chi connectivity index (χ0n) is 8.01. The minimum atomic E-state index is 0.707. The lowest BCUT2D eigenvalue weighted by atomic mass is 10.2. The molecule has 0 aromatic carbocycles. The Balaban J connectivity index is 2.95. The molecule has 1 rings (SSSR count). The monoisotopic (exact) mass is 243 g/mol. The van der Waals surface area contributed by atoms with Crippen molar-refractivity contribution in [2.24, 2.45) is 0 Å². The second kappa shape index (κ2) is 5.22. The van der Waals surface area contributed by atoms with Crippen LogP contribution in [-0.4, -0.2) is 11.6 Å². The third-order valence-corrected chi connectivity index (χ3v) is 2.39. The standard InChI is InChI=1S/C10H14BrNO/c1-3-8-7-12-9(6-11)5-10(8)13-4-2/h5,7H,3-4,6H2,1-2H3. The van der Waals surface area contributed by atoms with Gasteiger partial charge in [0, 0.05) is 23.2 Å². The summed E-state index contributed by atoms with van der Waals surface area (Å²) in [7, 11) is 0. The highest BCUT2D eigenvalue weighted by molar-refractivity contribution is 9.08. The lowest BCUT2D eigenvalue weighted by Gasteiger charge is -2.08. The van der Waals surface area contributed by atoms with Gasteiger partial charge in [-0.05, 0) is 13.3 Å². The van der Waals surface area contributed by atoms with Crippen molar-refractivity contribution in [3.05, 3.63) is 23.5 Å². The number of pyridine rings is 1. The van der Waals surface area contributed by atoms with Crippen molar-refractivity contribution in [3.63, 3.8) is 0 Å². The predicted molar refractivity (Wildman–Crippen MR) is 57.4 cm³/mol. The number of aryl methyl sites for hydroxylation is 1. The molecule has 1 aromatic heterocycles. The summed E-state index contributed by atoms with van der Waals surface area (Å²) in [6.45, 7) is 4.81. The van der Waals surface area contributed by atoms with Crippen LogP contribution in [0.4, 0.5) is 0 Å². The number of rotatable bonds is 4. The molecule has 0 aliphatic rings. The van der Waals surface area contributed by atoms with Crippen molar-refractivity contribution in [2.75, 3.05) is 6.61 Å². The van der Waals surface area contributed by atoms with E-state index in [4.69, 9.17) is 4.74 Å². The Morgan fingerprint density at radius 3 is 2.77 bits per heavy atom. The molecule has 0 saturated carbocycles. The number of ether oxygens (including phenoxy) is 1. The fraction of sp³-hybridized carbons (Fsp3) is 0.500. The Bertz CT molecular complexity index is 276. The van der Waals surface area contributed by atoms with Gasteiger partial charge in [-0.15, -0.1) is 0 Å². The smallest absolute Gasteiger partial charge is 0.125 e. The Hall–Kier alpha value is -0.570. The van der Waals surface area contributed by atoms with E-state index in [1.165, 1.54) is 5.56 Å². The van der Waals surface area contributed by atoms with Gasteiger partial charge >= 0.3 is 0 Å². The van der Waals surface area contributed by atoms with Crippen molar-refractivity contribution in [1.82, 2.24) is 4.98 Å². The molecule has 72 valence electrons. The number of hydrogen-bond donors (Lipinski definition) is 0. The maximum atomic E-state index is 5.51. The van der Waals surface area contributed by atoms with Crippen molar-refractivity contribution in [3.8, 4) is 5.75 Å². The lowest BCUT2D eigenvalue weighted by Crippen LogP contribution is -1.98. The van der Waals surface area contributed by atoms with Crippen molar-refractivity contribution in [2.45, 2.75) is 25.6 Å². The molecular formula is C10H14BrNO. The van der Waals surface area contributed by atoms with Gasteiger partial charge in [0.1, 0.15) is 5.75 Å². The van der Waals surface area contributed by atoms with Crippen LogP contribution >= 0.6 is 15.9 Å². The molecular weight excluding hydrogens is 230 g/mol. The number of nitrogens with zero attached hydrogens (tertiary/aromatic N) is 1. The van der Waals surface area contributed by atoms with Crippen LogP contribution in [0.3, 0.4) is 0 Å². The third-order valence-electron chi connectivity index (χ3n) is 1.82. The Labute approximate surface area is 87.5 Å². The molecule has 0 saturated heterocycles. The summed E-state index contributed by atoms with van der Waals surface area (Å²) < 4.78 is 5.51. The lowest BCUT2D eigenvalue weighted by molar-refractivity contribution is 0.336. The molecule has 2 nitrogen and oxygen atoms in total. The molecule has 13 heavy (non-hydrogen) atoms. The molecule has 0 atom stereocenters. The highest BCUT2D eigenvalue weighted by atomic mass is 79.9. The van der Waals surface area contributed by atoms with E-state index < -0.39 is 0 Å². The topological polar surface area (TPSA) is 22.1 Å². The van der Waals surface area contributed by atoms with Crippen LogP contribution in [0.2, 0.25) is 0 Å². The summed E-state index contributed by atoms with van der Waals surface area (Å²) in [4.78, 5) is 4.28. The minimum absolute atomic E-state index is 0.707. The number of aromatic nitrogens is 1. The van der Waals surface area contributed by atoms with E-state index in [-0.39, 0.29) is 0 Å². The molecule has 0 radical (unpaired) electrons. The zero-order valence-corrected chi connectivity index (χ0v) is 9.60. The highest BCUT2D eigenvalue weighted by Gasteiger charge is 2.03. The first kappa shape index (κ1) is 10.5. The summed E-state index contributed by atoms with van der Waals surface area (Å²) in [6, 6.07) is 2.00. The van der Waals surface area contributed by atoms with Crippen LogP contribution < -0.4 is 4.74 Å². The minimum Gasteiger partial charge on any atom is -0.493 e. The van der Waals surface area contributed by atoms with E-state index in [2.05, 4.69) is 27.8 Å². The van der Waals surface area contributed by atoms with Gasteiger partial charge in [0.05, 0.1) is 12.3 Å². The Morgan fingerprint density at radius 1 is 1.46 bits per heavy atom. The van der Waals surface area contributed by atoms with E-state index in [9.17, 15) is 0 Å². The molecule has 0 spiro atoms. The van der Waals surface area contributed by atoms with Gasteiger partial charge in [-0.1, -0.05) is 22.9 Å². The molecule has 0 unspecified atom stereocenters. The van der Waals surface area contributed by atoms with Gasteiger partial charge < -0.3 is 4.74 Å². The van der Waals surface area contributed by atoms with Crippen molar-refractivity contribution >= 4 is 15.9 Å². The van der Waals surface area contributed by atoms with Gasteiger partial charge in [0.25, 0.3) is 0 Å². The van der Waals surface area contributed by atoms with Crippen LogP contribution in [-0.2, 0) is 11.8 Å². The molecule has 1 aromatic rings. The van der Waals surface area contributed by atoms with Crippen LogP contribution in [0.15, 0.2) is 12.3 Å². The fourth-order valence-electron chi connectivity index (χ4n) is 1.13. The van der Waals surface area contributed by atoms with E-state index in [1.807, 2.05) is 19.2 Å². The summed E-state index contributed by atoms with van der Waals surface area (Å²) >= 11 is 3.37. The maximum absolute atomic E-state index is 5.51. The molecule has 1 heterocycles. The number of alkyl halides is 1. The van der Waals surface area contributed by atoms with Crippen molar-refractivity contribution in [1.29, 1.82) is 0 Å². The molecule has 0 fully saturated rings. The summed E-state index contributed by atoms with van der Waals surface area (Å²) in [5.74, 6) is 0.967. The largest absolute Gasteiger partial charge is 0.493 e. The van der Waals surface area contributed by atoms with Crippen LogP contribution in [0, 0.1) is 0 Å². The first-order valence-corrected chi connectivity index (χ1v) is 5.60. The fourth-order valence-corrected chi connectivity index (χ4v) is 1.44. The average Bonchev–Trinajstić information content (AvgIpc) is 2.18. The maximum Gasteiger partial charge on any atom is 0.125 e. The van der Waals surface area contributed by atoms with E-state index in [0.717, 1.165) is 23.2 Å². The van der Waals surface area contributed by atoms with Crippen molar-refractivity contribution < 1.29 is 4.74 Å². The second-order valence-electron chi connectivity index (χ2n) is 2.70. The quantitative estimate of drug-likeness (QED) is 0.759. The Kier molecular flexibility index (Phi) is 4.22. The van der Waals surface area contributed by atoms with E-state index >= 15 is 0 Å². The molecule has 0 amide bonds. The number of halogens is 1. The average molecular weight is 244 g/mol. The second-order valence-corrected chi connectivity index (χ2v) is 3.26. The van der Waals surface area contributed by atoms with Crippen LogP contribution in [0.1, 0.15) is 25.1 Å². The predicted octanol–water partition coefficient (Wildman–Crippen LogP) is 2.94. The highest BCUT2D eigenvalue weighted by Crippen LogP contribution is 2.20. The summed E-state index contributed by atoms with van der Waals surface area (Å²) in [6.07, 6.45) is 2.85. The van der Waals surface area contributed by atoms with Gasteiger partial charge in [-0.2, -0.15) is 0 Å². The summed E-state index contributed by atoms with van der Waals surface area (Å²) in [5.41, 5.74) is 2.19. The van der Waals surface area contributed by atoms with Gasteiger partial charge in [-0.3, -0.25) is 4.98 Å². The molecule has 3 heteroatoms. The molecule has 0 bridgehead atoms. The van der Waals surface area contributed by atoms with Crippen LogP contribution in [0.25, 0.3) is 0 Å². The molecule has 0 N–H and O–H groups in total. The van der Waals surface area contributed by atoms with E-state index in [1.54, 1.807) is 0 Å². The van der Waals surface area contributed by atoms with E-state index in [0.29, 0.717) is 6.61 Å². The zero-order chi connectivity index (χ0) is 9.68. The van der Waals surface area contributed by atoms with Gasteiger partial charge in [-0.25, -0.2) is 0 Å².